The molecule has 0 radical (unpaired) electrons. The van der Waals surface area contributed by atoms with Gasteiger partial charge >= 0.3 is 0 Å². The van der Waals surface area contributed by atoms with E-state index < -0.39 is 0 Å². The van der Waals surface area contributed by atoms with Crippen molar-refractivity contribution in [2.24, 2.45) is 0 Å². The smallest absolute Gasteiger partial charge is 0.262 e. The van der Waals surface area contributed by atoms with E-state index in [2.05, 4.69) is 28.7 Å². The molecule has 0 N–H and O–H groups in total. The van der Waals surface area contributed by atoms with Gasteiger partial charge in [0.15, 0.2) is 0 Å². The van der Waals surface area contributed by atoms with E-state index in [1.165, 1.54) is 27.9 Å². The van der Waals surface area contributed by atoms with Crippen LogP contribution >= 0.6 is 11.3 Å². The van der Waals surface area contributed by atoms with Crippen molar-refractivity contribution >= 4 is 27.5 Å². The Balaban J connectivity index is 1.62. The van der Waals surface area contributed by atoms with Crippen LogP contribution in [0.25, 0.3) is 10.2 Å². The molecule has 1 aliphatic rings. The number of aryl methyl sites for hydroxylation is 1. The summed E-state index contributed by atoms with van der Waals surface area (Å²) in [6.45, 7) is 5.60. The summed E-state index contributed by atoms with van der Waals surface area (Å²) in [5, 5.41) is 0.598. The van der Waals surface area contributed by atoms with E-state index in [1.807, 2.05) is 24.0 Å². The van der Waals surface area contributed by atoms with Gasteiger partial charge in [0, 0.05) is 29.9 Å². The fraction of sp³-hybridized carbons (Fsp3) is 0.421. The minimum absolute atomic E-state index is 0.0221. The quantitative estimate of drug-likeness (QED) is 0.709. The molecule has 0 spiro atoms. The van der Waals surface area contributed by atoms with E-state index in [1.54, 1.807) is 0 Å². The van der Waals surface area contributed by atoms with Gasteiger partial charge in [0.2, 0.25) is 5.91 Å². The summed E-state index contributed by atoms with van der Waals surface area (Å²) >= 11 is 1.50. The van der Waals surface area contributed by atoms with E-state index in [9.17, 15) is 9.59 Å². The second-order valence-electron chi connectivity index (χ2n) is 6.77. The van der Waals surface area contributed by atoms with Gasteiger partial charge in [0.05, 0.1) is 17.8 Å². The predicted molar refractivity (Wildman–Crippen MR) is 102 cm³/mol. The van der Waals surface area contributed by atoms with Gasteiger partial charge in [-0.3, -0.25) is 14.2 Å². The van der Waals surface area contributed by atoms with Crippen molar-refractivity contribution in [3.63, 3.8) is 0 Å². The number of hydrogen-bond acceptors (Lipinski definition) is 4. The lowest BCUT2D eigenvalue weighted by atomic mass is 10.0. The number of aromatic nitrogens is 3. The monoisotopic (exact) mass is 370 g/mol. The van der Waals surface area contributed by atoms with Crippen LogP contribution in [0, 0.1) is 6.92 Å². The van der Waals surface area contributed by atoms with Crippen LogP contribution in [0.1, 0.15) is 36.4 Å². The number of nitrogens with zero attached hydrogens (tertiary/aromatic N) is 4. The Bertz CT molecular complexity index is 1020. The third-order valence-electron chi connectivity index (χ3n) is 4.99. The van der Waals surface area contributed by atoms with Crippen LogP contribution < -0.4 is 5.56 Å². The van der Waals surface area contributed by atoms with Gasteiger partial charge in [0.25, 0.3) is 5.56 Å². The average molecular weight is 370 g/mol. The molecule has 3 aromatic heterocycles. The number of carbonyl (C=O) groups excluding carboxylic acids is 1. The van der Waals surface area contributed by atoms with E-state index in [0.29, 0.717) is 11.9 Å². The lowest BCUT2D eigenvalue weighted by Crippen LogP contribution is -2.44. The SMILES string of the molecule is CCC[C@@H]1c2cccn2CCN1C(=O)Cn1cnc2sc(C)cc2c1=O. The molecule has 3 aromatic rings. The molecule has 1 amide bonds. The topological polar surface area (TPSA) is 60.1 Å². The first-order chi connectivity index (χ1) is 12.6. The van der Waals surface area contributed by atoms with Crippen LogP contribution in [0.3, 0.4) is 0 Å². The van der Waals surface area contributed by atoms with E-state index in [4.69, 9.17) is 0 Å². The second kappa shape index (κ2) is 6.72. The number of thiophene rings is 1. The molecule has 6 nitrogen and oxygen atoms in total. The van der Waals surface area contributed by atoms with Crippen molar-refractivity contribution in [3.05, 3.63) is 51.6 Å². The molecule has 0 saturated heterocycles. The molecule has 1 aliphatic heterocycles. The van der Waals surface area contributed by atoms with Gasteiger partial charge < -0.3 is 9.47 Å². The van der Waals surface area contributed by atoms with Crippen LogP contribution in [0.4, 0.5) is 0 Å². The molecule has 136 valence electrons. The first-order valence-electron chi connectivity index (χ1n) is 8.98. The Hall–Kier alpha value is -2.41. The molecule has 26 heavy (non-hydrogen) atoms. The van der Waals surface area contributed by atoms with Gasteiger partial charge in [-0.15, -0.1) is 11.3 Å². The number of amides is 1. The van der Waals surface area contributed by atoms with Crippen LogP contribution in [0.15, 0.2) is 35.5 Å². The minimum atomic E-state index is -0.139. The molecule has 7 heteroatoms. The Morgan fingerprint density at radius 3 is 3.04 bits per heavy atom. The Morgan fingerprint density at radius 2 is 2.23 bits per heavy atom. The van der Waals surface area contributed by atoms with Crippen molar-refractivity contribution in [2.45, 2.75) is 45.8 Å². The number of hydrogen-bond donors (Lipinski definition) is 0. The summed E-state index contributed by atoms with van der Waals surface area (Å²) in [7, 11) is 0. The largest absolute Gasteiger partial charge is 0.348 e. The van der Waals surface area contributed by atoms with Gasteiger partial charge in [-0.2, -0.15) is 0 Å². The second-order valence-corrected chi connectivity index (χ2v) is 8.01. The van der Waals surface area contributed by atoms with Crippen LogP contribution in [-0.2, 0) is 17.9 Å². The summed E-state index contributed by atoms with van der Waals surface area (Å²) < 4.78 is 3.66. The molecule has 0 saturated carbocycles. The molecule has 4 heterocycles. The zero-order chi connectivity index (χ0) is 18.3. The van der Waals surface area contributed by atoms with Crippen LogP contribution in [0.5, 0.6) is 0 Å². The maximum absolute atomic E-state index is 13.0. The van der Waals surface area contributed by atoms with Crippen molar-refractivity contribution < 1.29 is 4.79 Å². The van der Waals surface area contributed by atoms with E-state index in [0.717, 1.165) is 29.1 Å². The fourth-order valence-corrected chi connectivity index (χ4v) is 4.61. The Labute approximate surface area is 155 Å². The Kier molecular flexibility index (Phi) is 4.40. The van der Waals surface area contributed by atoms with E-state index >= 15 is 0 Å². The molecule has 1 atom stereocenters. The van der Waals surface area contributed by atoms with Gasteiger partial charge in [-0.05, 0) is 31.5 Å². The molecule has 0 aliphatic carbocycles. The normalized spacial score (nSPS) is 16.8. The lowest BCUT2D eigenvalue weighted by Gasteiger charge is -2.37. The third kappa shape index (κ3) is 2.86. The molecule has 0 bridgehead atoms. The summed E-state index contributed by atoms with van der Waals surface area (Å²) in [6.07, 6.45) is 5.49. The van der Waals surface area contributed by atoms with Crippen molar-refractivity contribution in [3.8, 4) is 0 Å². The van der Waals surface area contributed by atoms with Gasteiger partial charge in [-0.1, -0.05) is 13.3 Å². The highest BCUT2D eigenvalue weighted by molar-refractivity contribution is 7.18. The van der Waals surface area contributed by atoms with Crippen LogP contribution in [0.2, 0.25) is 0 Å². The summed E-state index contributed by atoms with van der Waals surface area (Å²) in [4.78, 5) is 33.7. The average Bonchev–Trinajstić information content (AvgIpc) is 3.24. The highest BCUT2D eigenvalue weighted by Crippen LogP contribution is 2.30. The lowest BCUT2D eigenvalue weighted by molar-refractivity contribution is -0.135. The predicted octanol–water partition coefficient (Wildman–Crippen LogP) is 2.95. The maximum atomic E-state index is 13.0. The number of carbonyl (C=O) groups is 1. The first-order valence-corrected chi connectivity index (χ1v) is 9.80. The zero-order valence-corrected chi connectivity index (χ0v) is 15.8. The minimum Gasteiger partial charge on any atom is -0.348 e. The first kappa shape index (κ1) is 17.0. The van der Waals surface area contributed by atoms with Gasteiger partial charge in [0.1, 0.15) is 11.4 Å². The fourth-order valence-electron chi connectivity index (χ4n) is 3.77. The highest BCUT2D eigenvalue weighted by Gasteiger charge is 2.30. The van der Waals surface area contributed by atoms with E-state index in [-0.39, 0.29) is 24.1 Å². The summed E-state index contributed by atoms with van der Waals surface area (Å²) in [5.41, 5.74) is 1.04. The van der Waals surface area contributed by atoms with Gasteiger partial charge in [-0.25, -0.2) is 4.98 Å². The van der Waals surface area contributed by atoms with Crippen molar-refractivity contribution in [2.75, 3.05) is 6.54 Å². The number of rotatable bonds is 4. The molecule has 0 aromatic carbocycles. The summed E-state index contributed by atoms with van der Waals surface area (Å²) in [5.74, 6) is -0.0221. The molecule has 0 unspecified atom stereocenters. The number of fused-ring (bicyclic) bond motifs is 2. The van der Waals surface area contributed by atoms with Crippen molar-refractivity contribution in [1.82, 2.24) is 19.0 Å². The molecule has 0 fully saturated rings. The standard InChI is InChI=1S/C19H22N4O2S/c1-3-5-16-15-6-4-7-21(15)8-9-23(16)17(24)11-22-12-20-18-14(19(22)25)10-13(2)26-18/h4,6-7,10,12,16H,3,5,8-9,11H2,1-2H3/t16-/m1/s1. The molecular weight excluding hydrogens is 348 g/mol. The van der Waals surface area contributed by atoms with Crippen LogP contribution in [-0.4, -0.2) is 31.5 Å². The zero-order valence-electron chi connectivity index (χ0n) is 15.0. The van der Waals surface area contributed by atoms with Crippen molar-refractivity contribution in [1.29, 1.82) is 0 Å². The Morgan fingerprint density at radius 1 is 1.38 bits per heavy atom. The maximum Gasteiger partial charge on any atom is 0.262 e. The molecule has 4 rings (SSSR count). The summed E-state index contributed by atoms with van der Waals surface area (Å²) in [6, 6.07) is 6.05. The molecular formula is C19H22N4O2S. The highest BCUT2D eigenvalue weighted by atomic mass is 32.1. The third-order valence-corrected chi connectivity index (χ3v) is 5.95.